The van der Waals surface area contributed by atoms with E-state index in [4.69, 9.17) is 28.7 Å². The molecule has 0 rings (SSSR count). The molecule has 0 aliphatic rings. The largest absolute Gasteiger partial charge is 0.481 e. The van der Waals surface area contributed by atoms with Gasteiger partial charge in [0.1, 0.15) is 19.8 Å². The predicted molar refractivity (Wildman–Crippen MR) is 158 cm³/mol. The van der Waals surface area contributed by atoms with Gasteiger partial charge in [-0.25, -0.2) is 9.59 Å². The summed E-state index contributed by atoms with van der Waals surface area (Å²) in [6.45, 7) is 8.39. The fraction of sp³-hybridized carbons (Fsp3) is 0.692. The molecule has 2 unspecified atom stereocenters. The van der Waals surface area contributed by atoms with Crippen LogP contribution in [0.2, 0.25) is 0 Å². The van der Waals surface area contributed by atoms with Crippen molar-refractivity contribution >= 4 is 38.6 Å². The summed E-state index contributed by atoms with van der Waals surface area (Å²) < 4.78 is 43.0. The first-order valence-corrected chi connectivity index (χ1v) is 17.6. The molecule has 0 aromatic carbocycles. The summed E-state index contributed by atoms with van der Waals surface area (Å²) in [5, 5.41) is 46.1. The van der Waals surface area contributed by atoms with Crippen LogP contribution in [0, 0.1) is 10.8 Å². The Morgan fingerprint density at radius 3 is 1.41 bits per heavy atom. The second-order valence-corrected chi connectivity index (χ2v) is 16.0. The van der Waals surface area contributed by atoms with Crippen LogP contribution in [0.1, 0.15) is 26.7 Å². The Bertz CT molecular complexity index is 1070. The van der Waals surface area contributed by atoms with Crippen LogP contribution in [-0.2, 0) is 47.0 Å². The number of hydrogen-bond acceptors (Lipinski definition) is 14. The van der Waals surface area contributed by atoms with Gasteiger partial charge in [0.2, 0.25) is 7.37 Å². The third-order valence-electron chi connectivity index (χ3n) is 5.70. The average molecular weight is 677 g/mol. The number of aliphatic hydroxyl groups is 4. The van der Waals surface area contributed by atoms with Gasteiger partial charge in [-0.1, -0.05) is 13.2 Å². The Balaban J connectivity index is 0. The van der Waals surface area contributed by atoms with E-state index in [-0.39, 0.29) is 62.7 Å². The third-order valence-corrected chi connectivity index (χ3v) is 8.47. The number of hydrogen-bond donors (Lipinski definition) is 6. The molecule has 0 aromatic heterocycles. The maximum absolute atomic E-state index is 12.1. The number of carboxylic acids is 1. The van der Waals surface area contributed by atoms with E-state index in [0.29, 0.717) is 0 Å². The van der Waals surface area contributed by atoms with Crippen molar-refractivity contribution < 1.29 is 77.5 Å². The third kappa shape index (κ3) is 19.8. The molecule has 0 saturated carbocycles. The molecule has 6 N–H and O–H groups in total. The highest BCUT2D eigenvalue weighted by atomic mass is 31.2. The molecular formula is C26H46O16P2. The fourth-order valence-electron chi connectivity index (χ4n) is 2.47. The number of aliphatic hydroxyl groups excluding tert-OH is 4. The van der Waals surface area contributed by atoms with E-state index in [0.717, 1.165) is 6.66 Å². The van der Waals surface area contributed by atoms with Crippen molar-refractivity contribution in [3.05, 3.63) is 24.3 Å². The number of aliphatic carboxylic acids is 1. The van der Waals surface area contributed by atoms with E-state index in [1.807, 2.05) is 0 Å². The zero-order valence-electron chi connectivity index (χ0n) is 25.6. The Morgan fingerprint density at radius 1 is 0.682 bits per heavy atom. The standard InChI is InChI=1S/2C13H23O8P/c1-10(2)12(17)21-9-13(6-14,7-15)8-20-11(16)4-5-22(3,18)19;1-10(2)12(18)20-8-13(6-14,7-15)9-21-22(3,19)5-4-11(16)17/h14-15H,1,4-9H2,2-3H3,(H,18,19);14-15H,1,4-9H2,2-3H3,(H,16,17). The lowest BCUT2D eigenvalue weighted by Gasteiger charge is -2.30. The molecule has 0 heterocycles. The Morgan fingerprint density at radius 2 is 1.07 bits per heavy atom. The first-order valence-electron chi connectivity index (χ1n) is 13.1. The van der Waals surface area contributed by atoms with E-state index < -0.39 is 75.9 Å². The van der Waals surface area contributed by atoms with Crippen LogP contribution >= 0.6 is 14.7 Å². The van der Waals surface area contributed by atoms with E-state index in [2.05, 4.69) is 13.2 Å². The Labute approximate surface area is 256 Å². The van der Waals surface area contributed by atoms with Crippen LogP contribution in [0.25, 0.3) is 0 Å². The molecule has 0 saturated heterocycles. The minimum atomic E-state index is -3.31. The van der Waals surface area contributed by atoms with Crippen molar-refractivity contribution in [1.82, 2.24) is 0 Å². The first-order chi connectivity index (χ1) is 20.1. The highest BCUT2D eigenvalue weighted by molar-refractivity contribution is 7.58. The zero-order chi connectivity index (χ0) is 34.8. The number of ether oxygens (including phenoxy) is 3. The minimum Gasteiger partial charge on any atom is -0.481 e. The predicted octanol–water partition coefficient (Wildman–Crippen LogP) is 0.386. The molecule has 18 heteroatoms. The van der Waals surface area contributed by atoms with Gasteiger partial charge in [-0.15, -0.1) is 0 Å². The Kier molecular flexibility index (Phi) is 20.4. The van der Waals surface area contributed by atoms with Gasteiger partial charge in [0.25, 0.3) is 0 Å². The summed E-state index contributed by atoms with van der Waals surface area (Å²) in [6, 6.07) is 0. The zero-order valence-corrected chi connectivity index (χ0v) is 27.3. The van der Waals surface area contributed by atoms with Gasteiger partial charge in [-0.2, -0.15) is 0 Å². The summed E-state index contributed by atoms with van der Waals surface area (Å²) in [4.78, 5) is 53.7. The molecule has 2 atom stereocenters. The van der Waals surface area contributed by atoms with Crippen molar-refractivity contribution in [3.63, 3.8) is 0 Å². The van der Waals surface area contributed by atoms with Crippen molar-refractivity contribution in [2.24, 2.45) is 10.8 Å². The highest BCUT2D eigenvalue weighted by Gasteiger charge is 2.35. The molecule has 44 heavy (non-hydrogen) atoms. The van der Waals surface area contributed by atoms with Gasteiger partial charge in [0, 0.05) is 36.8 Å². The quantitative estimate of drug-likeness (QED) is 0.0416. The van der Waals surface area contributed by atoms with E-state index in [9.17, 15) is 48.7 Å². The van der Waals surface area contributed by atoms with Crippen molar-refractivity contribution in [2.75, 3.05) is 78.5 Å². The molecule has 256 valence electrons. The summed E-state index contributed by atoms with van der Waals surface area (Å²) in [5.41, 5.74) is -2.34. The van der Waals surface area contributed by atoms with Crippen LogP contribution in [0.15, 0.2) is 24.3 Å². The van der Waals surface area contributed by atoms with Gasteiger partial charge >= 0.3 is 23.9 Å². The molecule has 0 spiro atoms. The molecule has 0 aliphatic carbocycles. The smallest absolute Gasteiger partial charge is 0.333 e. The van der Waals surface area contributed by atoms with Crippen LogP contribution < -0.4 is 0 Å². The first kappa shape index (κ1) is 43.7. The second-order valence-electron chi connectivity index (χ2n) is 10.7. The number of carboxylic acid groups (broad SMARTS) is 1. The van der Waals surface area contributed by atoms with Gasteiger partial charge in [0.15, 0.2) is 7.37 Å². The Hall–Kier alpha value is -2.42. The van der Waals surface area contributed by atoms with Crippen LogP contribution in [0.3, 0.4) is 0 Å². The van der Waals surface area contributed by atoms with Crippen molar-refractivity contribution in [2.45, 2.75) is 26.7 Å². The normalized spacial score (nSPS) is 14.1. The van der Waals surface area contributed by atoms with Crippen molar-refractivity contribution in [1.29, 1.82) is 0 Å². The van der Waals surface area contributed by atoms with Gasteiger partial charge in [-0.3, -0.25) is 18.7 Å². The second kappa shape index (κ2) is 20.6. The molecule has 0 amide bonds. The monoisotopic (exact) mass is 676 g/mol. The lowest BCUT2D eigenvalue weighted by Crippen LogP contribution is -2.41. The van der Waals surface area contributed by atoms with Gasteiger partial charge in [0.05, 0.1) is 56.7 Å². The summed E-state index contributed by atoms with van der Waals surface area (Å²) in [5.74, 6) is -3.22. The molecular weight excluding hydrogens is 630 g/mol. The lowest BCUT2D eigenvalue weighted by molar-refractivity contribution is -0.156. The van der Waals surface area contributed by atoms with Gasteiger partial charge < -0.3 is 49.2 Å². The molecule has 0 aliphatic heterocycles. The summed E-state index contributed by atoms with van der Waals surface area (Å²) in [6.07, 6.45) is -0.963. The van der Waals surface area contributed by atoms with E-state index in [1.54, 1.807) is 0 Å². The van der Waals surface area contributed by atoms with E-state index >= 15 is 0 Å². The maximum atomic E-state index is 12.1. The maximum Gasteiger partial charge on any atom is 0.333 e. The molecule has 0 aromatic rings. The number of carbonyl (C=O) groups is 4. The lowest BCUT2D eigenvalue weighted by atomic mass is 9.92. The molecule has 0 radical (unpaired) electrons. The molecule has 0 fully saturated rings. The fourth-order valence-corrected chi connectivity index (χ4v) is 4.34. The average Bonchev–Trinajstić information content (AvgIpc) is 2.95. The van der Waals surface area contributed by atoms with Crippen LogP contribution in [0.4, 0.5) is 0 Å². The number of esters is 3. The van der Waals surface area contributed by atoms with E-state index in [1.165, 1.54) is 20.5 Å². The van der Waals surface area contributed by atoms with Crippen LogP contribution in [0.5, 0.6) is 0 Å². The van der Waals surface area contributed by atoms with Gasteiger partial charge in [-0.05, 0) is 13.8 Å². The topological polar surface area (TPSA) is 261 Å². The number of rotatable bonds is 21. The summed E-state index contributed by atoms with van der Waals surface area (Å²) in [7, 11) is -6.51. The summed E-state index contributed by atoms with van der Waals surface area (Å²) >= 11 is 0. The van der Waals surface area contributed by atoms with Crippen molar-refractivity contribution in [3.8, 4) is 0 Å². The minimum absolute atomic E-state index is 0.156. The SMILES string of the molecule is C=C(C)C(=O)OCC(CO)(CO)COC(=O)CCP(C)(=O)O.C=C(C)C(=O)OCC(CO)(CO)COP(C)(=O)CCC(=O)O. The highest BCUT2D eigenvalue weighted by Crippen LogP contribution is 2.44. The van der Waals surface area contributed by atoms with Crippen LogP contribution in [-0.4, -0.2) is 133 Å². The molecule has 0 bridgehead atoms. The molecule has 16 nitrogen and oxygen atoms in total. The number of carbonyl (C=O) groups excluding carboxylic acids is 3.